The molecule has 2 amide bonds. The number of nitrogens with zero attached hydrogens (tertiary/aromatic N) is 4. The van der Waals surface area contributed by atoms with E-state index in [1.165, 1.54) is 0 Å². The van der Waals surface area contributed by atoms with E-state index in [0.717, 1.165) is 54.6 Å². The molecule has 1 aromatic heterocycles. The van der Waals surface area contributed by atoms with Crippen LogP contribution in [0.3, 0.4) is 0 Å². The Hall–Kier alpha value is -3.52. The minimum absolute atomic E-state index is 0.0664. The van der Waals surface area contributed by atoms with E-state index in [2.05, 4.69) is 26.4 Å². The predicted octanol–water partition coefficient (Wildman–Crippen LogP) is 3.70. The van der Waals surface area contributed by atoms with Crippen molar-refractivity contribution in [1.82, 2.24) is 25.3 Å². The van der Waals surface area contributed by atoms with E-state index in [4.69, 9.17) is 4.52 Å². The van der Waals surface area contributed by atoms with E-state index >= 15 is 0 Å². The lowest BCUT2D eigenvalue weighted by atomic mass is 9.97. The van der Waals surface area contributed by atoms with Crippen LogP contribution in [0.15, 0.2) is 53.1 Å². The molecule has 2 fully saturated rings. The zero-order chi connectivity index (χ0) is 24.9. The fourth-order valence-corrected chi connectivity index (χ4v) is 5.09. The Morgan fingerprint density at radius 1 is 1.08 bits per heavy atom. The number of carbonyl (C=O) groups is 2. The molecule has 8 heteroatoms. The van der Waals surface area contributed by atoms with E-state index in [1.54, 1.807) is 0 Å². The first-order chi connectivity index (χ1) is 17.5. The molecule has 0 spiro atoms. The summed E-state index contributed by atoms with van der Waals surface area (Å²) in [6, 6.07) is 16.2. The van der Waals surface area contributed by atoms with Gasteiger partial charge in [-0.2, -0.15) is 4.98 Å². The van der Waals surface area contributed by atoms with Crippen LogP contribution in [-0.4, -0.2) is 51.4 Å². The molecule has 3 aromatic rings. The number of aromatic nitrogens is 2. The maximum absolute atomic E-state index is 13.0. The molecule has 1 N–H and O–H groups in total. The smallest absolute Gasteiger partial charge is 0.241 e. The first kappa shape index (κ1) is 24.2. The quantitative estimate of drug-likeness (QED) is 0.521. The molecule has 0 radical (unpaired) electrons. The predicted molar refractivity (Wildman–Crippen MR) is 135 cm³/mol. The van der Waals surface area contributed by atoms with Crippen molar-refractivity contribution in [3.05, 3.63) is 71.1 Å². The van der Waals surface area contributed by atoms with Crippen LogP contribution in [0.4, 0.5) is 0 Å². The first-order valence-electron chi connectivity index (χ1n) is 12.8. The summed E-state index contributed by atoms with van der Waals surface area (Å²) in [7, 11) is 0. The minimum atomic E-state index is -0.0664. The molecular weight excluding hydrogens is 454 g/mol. The number of aryl methyl sites for hydroxylation is 1. The number of carbonyl (C=O) groups excluding carboxylic acids is 2. The van der Waals surface area contributed by atoms with E-state index < -0.39 is 0 Å². The highest BCUT2D eigenvalue weighted by Gasteiger charge is 2.27. The number of nitrogens with one attached hydrogen (secondary N) is 1. The average Bonchev–Trinajstić information content (AvgIpc) is 3.52. The number of likely N-dealkylation sites (tertiary alicyclic amines) is 2. The maximum Gasteiger partial charge on any atom is 0.241 e. The van der Waals surface area contributed by atoms with Gasteiger partial charge in [-0.05, 0) is 49.9 Å². The van der Waals surface area contributed by atoms with Crippen LogP contribution in [0.5, 0.6) is 0 Å². The third-order valence-corrected chi connectivity index (χ3v) is 6.98. The summed E-state index contributed by atoms with van der Waals surface area (Å²) in [6.45, 7) is 6.11. The molecule has 0 saturated carbocycles. The van der Waals surface area contributed by atoms with Gasteiger partial charge in [0.15, 0.2) is 0 Å². The molecule has 5 rings (SSSR count). The van der Waals surface area contributed by atoms with E-state index in [0.29, 0.717) is 44.3 Å². The molecule has 1 atom stereocenters. The Morgan fingerprint density at radius 2 is 1.94 bits per heavy atom. The summed E-state index contributed by atoms with van der Waals surface area (Å²) < 4.78 is 5.50. The molecule has 36 heavy (non-hydrogen) atoms. The maximum atomic E-state index is 13.0. The highest BCUT2D eigenvalue weighted by molar-refractivity contribution is 5.79. The lowest BCUT2D eigenvalue weighted by Gasteiger charge is -2.30. The van der Waals surface area contributed by atoms with Crippen molar-refractivity contribution in [2.45, 2.75) is 52.2 Å². The van der Waals surface area contributed by atoms with Crippen LogP contribution in [0.2, 0.25) is 0 Å². The molecule has 0 aliphatic carbocycles. The molecule has 2 aliphatic heterocycles. The van der Waals surface area contributed by atoms with Crippen molar-refractivity contribution in [2.75, 3.05) is 19.6 Å². The van der Waals surface area contributed by atoms with Crippen LogP contribution in [-0.2, 0) is 29.2 Å². The van der Waals surface area contributed by atoms with Gasteiger partial charge in [-0.15, -0.1) is 0 Å². The Labute approximate surface area is 211 Å². The third-order valence-electron chi connectivity index (χ3n) is 6.98. The van der Waals surface area contributed by atoms with Gasteiger partial charge in [-0.25, -0.2) is 0 Å². The SMILES string of the molecule is Cc1cccc(-c2noc(CN3CCCC(C(=O)NCc4cccc(CN5CCCC5=O)c4)C3)n2)c1. The van der Waals surface area contributed by atoms with Gasteiger partial charge in [0.05, 0.1) is 12.5 Å². The molecular formula is C28H33N5O3. The second kappa shape index (κ2) is 11.0. The molecule has 2 aliphatic rings. The van der Waals surface area contributed by atoms with Crippen molar-refractivity contribution in [1.29, 1.82) is 0 Å². The van der Waals surface area contributed by atoms with E-state index in [-0.39, 0.29) is 17.7 Å². The van der Waals surface area contributed by atoms with Crippen LogP contribution in [0.25, 0.3) is 11.4 Å². The molecule has 0 bridgehead atoms. The van der Waals surface area contributed by atoms with Crippen molar-refractivity contribution in [3.63, 3.8) is 0 Å². The van der Waals surface area contributed by atoms with Gasteiger partial charge in [0, 0.05) is 38.2 Å². The summed E-state index contributed by atoms with van der Waals surface area (Å²) in [5.41, 5.74) is 4.24. The zero-order valence-corrected chi connectivity index (χ0v) is 20.8. The highest BCUT2D eigenvalue weighted by atomic mass is 16.5. The van der Waals surface area contributed by atoms with Crippen LogP contribution >= 0.6 is 0 Å². The third kappa shape index (κ3) is 5.99. The number of hydrogen-bond acceptors (Lipinski definition) is 6. The van der Waals surface area contributed by atoms with Crippen molar-refractivity contribution in [3.8, 4) is 11.4 Å². The summed E-state index contributed by atoms with van der Waals surface area (Å²) in [4.78, 5) is 33.6. The normalized spacial score (nSPS) is 18.5. The number of rotatable bonds is 8. The monoisotopic (exact) mass is 487 g/mol. The molecule has 188 valence electrons. The standard InChI is InChI=1S/C28H33N5O3/c1-20-6-2-9-23(14-20)27-30-25(36-31-27)19-32-12-4-10-24(18-32)28(35)29-16-21-7-3-8-22(15-21)17-33-13-5-11-26(33)34/h2-3,6-9,14-15,24H,4-5,10-13,16-19H2,1H3,(H,29,35). The van der Waals surface area contributed by atoms with Crippen LogP contribution in [0.1, 0.15) is 48.3 Å². The van der Waals surface area contributed by atoms with Gasteiger partial charge in [0.25, 0.3) is 0 Å². The minimum Gasteiger partial charge on any atom is -0.352 e. The largest absolute Gasteiger partial charge is 0.352 e. The van der Waals surface area contributed by atoms with Gasteiger partial charge in [-0.3, -0.25) is 14.5 Å². The molecule has 1 unspecified atom stereocenters. The van der Waals surface area contributed by atoms with Gasteiger partial charge < -0.3 is 14.7 Å². The topological polar surface area (TPSA) is 91.6 Å². The summed E-state index contributed by atoms with van der Waals surface area (Å²) >= 11 is 0. The summed E-state index contributed by atoms with van der Waals surface area (Å²) in [5, 5.41) is 7.26. The Morgan fingerprint density at radius 3 is 2.78 bits per heavy atom. The van der Waals surface area contributed by atoms with Crippen molar-refractivity contribution < 1.29 is 14.1 Å². The lowest BCUT2D eigenvalue weighted by molar-refractivity contribution is -0.128. The second-order valence-electron chi connectivity index (χ2n) is 9.91. The Bertz CT molecular complexity index is 1220. The first-order valence-corrected chi connectivity index (χ1v) is 12.8. The molecule has 8 nitrogen and oxygen atoms in total. The Balaban J connectivity index is 1.12. The van der Waals surface area contributed by atoms with E-state index in [1.807, 2.05) is 54.3 Å². The highest BCUT2D eigenvalue weighted by Crippen LogP contribution is 2.21. The second-order valence-corrected chi connectivity index (χ2v) is 9.91. The number of hydrogen-bond donors (Lipinski definition) is 1. The van der Waals surface area contributed by atoms with Crippen molar-refractivity contribution in [2.24, 2.45) is 5.92 Å². The van der Waals surface area contributed by atoms with Crippen molar-refractivity contribution >= 4 is 11.8 Å². The summed E-state index contributed by atoms with van der Waals surface area (Å²) in [5.74, 6) is 1.40. The van der Waals surface area contributed by atoms with Crippen LogP contribution < -0.4 is 5.32 Å². The Kier molecular flexibility index (Phi) is 7.41. The van der Waals surface area contributed by atoms with Gasteiger partial charge in [0.2, 0.25) is 23.5 Å². The lowest BCUT2D eigenvalue weighted by Crippen LogP contribution is -2.42. The number of piperidine rings is 1. The number of amides is 2. The summed E-state index contributed by atoms with van der Waals surface area (Å²) in [6.07, 6.45) is 3.41. The average molecular weight is 488 g/mol. The fourth-order valence-electron chi connectivity index (χ4n) is 5.09. The van der Waals surface area contributed by atoms with Gasteiger partial charge in [0.1, 0.15) is 0 Å². The fraction of sp³-hybridized carbons (Fsp3) is 0.429. The number of benzene rings is 2. The molecule has 2 aromatic carbocycles. The molecule has 2 saturated heterocycles. The molecule has 3 heterocycles. The van der Waals surface area contributed by atoms with E-state index in [9.17, 15) is 9.59 Å². The van der Waals surface area contributed by atoms with Gasteiger partial charge >= 0.3 is 0 Å². The zero-order valence-electron chi connectivity index (χ0n) is 20.8. The van der Waals surface area contributed by atoms with Crippen LogP contribution in [0, 0.1) is 12.8 Å². The van der Waals surface area contributed by atoms with Gasteiger partial charge in [-0.1, -0.05) is 53.2 Å².